The van der Waals surface area contributed by atoms with Crippen molar-refractivity contribution in [3.05, 3.63) is 15.6 Å². The molecule has 0 aliphatic heterocycles. The molecule has 1 aromatic heterocycles. The predicted octanol–water partition coefficient (Wildman–Crippen LogP) is 2.61. The Labute approximate surface area is 94.1 Å². The predicted molar refractivity (Wildman–Crippen MR) is 60.1 cm³/mol. The molecular weight excluding hydrogens is 210 g/mol. The third-order valence-electron chi connectivity index (χ3n) is 2.87. The molecule has 1 N–H and O–H groups in total. The lowest BCUT2D eigenvalue weighted by Gasteiger charge is -2.14. The topological polar surface area (TPSA) is 42.4 Å². The van der Waals surface area contributed by atoms with Crippen molar-refractivity contribution in [2.75, 3.05) is 7.11 Å². The van der Waals surface area contributed by atoms with Gasteiger partial charge in [-0.1, -0.05) is 6.92 Å². The Morgan fingerprint density at radius 2 is 2.47 bits per heavy atom. The molecule has 0 radical (unpaired) electrons. The molecule has 0 saturated carbocycles. The number of aliphatic hydroxyl groups is 1. The van der Waals surface area contributed by atoms with Gasteiger partial charge in [0.15, 0.2) is 0 Å². The Morgan fingerprint density at radius 1 is 1.67 bits per heavy atom. The van der Waals surface area contributed by atoms with E-state index in [0.717, 1.165) is 41.3 Å². The van der Waals surface area contributed by atoms with Crippen molar-refractivity contribution in [2.45, 2.75) is 44.8 Å². The maximum atomic E-state index is 9.83. The van der Waals surface area contributed by atoms with Gasteiger partial charge >= 0.3 is 0 Å². The zero-order valence-corrected chi connectivity index (χ0v) is 10.0. The molecule has 1 heterocycles. The number of rotatable bonds is 3. The van der Waals surface area contributed by atoms with E-state index in [4.69, 9.17) is 4.74 Å². The van der Waals surface area contributed by atoms with Gasteiger partial charge in [-0.2, -0.15) is 0 Å². The van der Waals surface area contributed by atoms with Crippen molar-refractivity contribution in [3.8, 4) is 0 Å². The van der Waals surface area contributed by atoms with Crippen molar-refractivity contribution < 1.29 is 9.84 Å². The average Bonchev–Trinajstić information content (AvgIpc) is 2.65. The Kier molecular flexibility index (Phi) is 3.38. The molecule has 0 fully saturated rings. The summed E-state index contributed by atoms with van der Waals surface area (Å²) in [6, 6.07) is 0. The lowest BCUT2D eigenvalue weighted by molar-refractivity contribution is 0.0996. The number of fused-ring (bicyclic) bond motifs is 1. The minimum Gasteiger partial charge on any atom is -0.388 e. The van der Waals surface area contributed by atoms with Gasteiger partial charge in [0.2, 0.25) is 0 Å². The zero-order chi connectivity index (χ0) is 10.8. The molecule has 0 spiro atoms. The zero-order valence-electron chi connectivity index (χ0n) is 9.19. The number of aliphatic hydroxyl groups excluding tert-OH is 1. The van der Waals surface area contributed by atoms with E-state index in [1.165, 1.54) is 0 Å². The summed E-state index contributed by atoms with van der Waals surface area (Å²) in [5.74, 6) is 0. The number of ether oxygens (including phenoxy) is 1. The summed E-state index contributed by atoms with van der Waals surface area (Å²) < 4.78 is 5.36. The fraction of sp³-hybridized carbons (Fsp3) is 0.727. The average molecular weight is 227 g/mol. The van der Waals surface area contributed by atoms with Crippen LogP contribution in [-0.2, 0) is 11.2 Å². The summed E-state index contributed by atoms with van der Waals surface area (Å²) >= 11 is 1.61. The second kappa shape index (κ2) is 4.60. The number of hydrogen-bond donors (Lipinski definition) is 1. The summed E-state index contributed by atoms with van der Waals surface area (Å²) in [5.41, 5.74) is 1.09. The molecule has 2 atom stereocenters. The van der Waals surface area contributed by atoms with Crippen LogP contribution in [0.15, 0.2) is 0 Å². The minimum absolute atomic E-state index is 0.0906. The molecule has 0 amide bonds. The standard InChI is InChI=1S/C11H17NO2S/c1-3-9(14-2)11-12-7-5-4-6-8(13)10(7)15-11/h8-9,13H,3-6H2,1-2H3. The van der Waals surface area contributed by atoms with Crippen LogP contribution in [0.5, 0.6) is 0 Å². The maximum absolute atomic E-state index is 9.83. The number of nitrogens with zero attached hydrogens (tertiary/aromatic N) is 1. The number of methoxy groups -OCH3 is 1. The lowest BCUT2D eigenvalue weighted by Crippen LogP contribution is -2.06. The Hall–Kier alpha value is -0.450. The van der Waals surface area contributed by atoms with E-state index in [2.05, 4.69) is 11.9 Å². The van der Waals surface area contributed by atoms with Gasteiger partial charge in [-0.25, -0.2) is 4.98 Å². The first kappa shape index (κ1) is 11.0. The van der Waals surface area contributed by atoms with Crippen LogP contribution in [0.1, 0.15) is 54.0 Å². The number of aryl methyl sites for hydroxylation is 1. The smallest absolute Gasteiger partial charge is 0.122 e. The summed E-state index contributed by atoms with van der Waals surface area (Å²) in [5, 5.41) is 10.9. The quantitative estimate of drug-likeness (QED) is 0.863. The van der Waals surface area contributed by atoms with Crippen LogP contribution in [0, 0.1) is 0 Å². The van der Waals surface area contributed by atoms with Gasteiger partial charge in [0.25, 0.3) is 0 Å². The van der Waals surface area contributed by atoms with Crippen molar-refractivity contribution >= 4 is 11.3 Å². The van der Waals surface area contributed by atoms with E-state index in [9.17, 15) is 5.11 Å². The summed E-state index contributed by atoms with van der Waals surface area (Å²) in [7, 11) is 1.71. The van der Waals surface area contributed by atoms with E-state index < -0.39 is 0 Å². The lowest BCUT2D eigenvalue weighted by atomic mass is 10.0. The number of hydrogen-bond acceptors (Lipinski definition) is 4. The number of aromatic nitrogens is 1. The highest BCUT2D eigenvalue weighted by Crippen LogP contribution is 2.37. The van der Waals surface area contributed by atoms with Crippen molar-refractivity contribution in [1.82, 2.24) is 4.98 Å². The second-order valence-electron chi connectivity index (χ2n) is 3.90. The van der Waals surface area contributed by atoms with Crippen LogP contribution in [0.25, 0.3) is 0 Å². The molecular formula is C11H17NO2S. The van der Waals surface area contributed by atoms with E-state index in [-0.39, 0.29) is 12.2 Å². The highest BCUT2D eigenvalue weighted by atomic mass is 32.1. The Balaban J connectivity index is 2.28. The maximum Gasteiger partial charge on any atom is 0.122 e. The van der Waals surface area contributed by atoms with Gasteiger partial charge in [-0.3, -0.25) is 0 Å². The fourth-order valence-corrected chi connectivity index (χ4v) is 3.29. The highest BCUT2D eigenvalue weighted by molar-refractivity contribution is 7.11. The molecule has 0 bridgehead atoms. The molecule has 2 rings (SSSR count). The molecule has 2 unspecified atom stereocenters. The molecule has 1 aliphatic carbocycles. The SMILES string of the molecule is CCC(OC)c1nc2c(s1)C(O)CCC2. The Morgan fingerprint density at radius 3 is 3.07 bits per heavy atom. The van der Waals surface area contributed by atoms with Gasteiger partial charge in [0, 0.05) is 7.11 Å². The molecule has 84 valence electrons. The first-order valence-corrected chi connectivity index (χ1v) is 6.28. The van der Waals surface area contributed by atoms with Crippen molar-refractivity contribution in [3.63, 3.8) is 0 Å². The van der Waals surface area contributed by atoms with Crippen molar-refractivity contribution in [2.24, 2.45) is 0 Å². The van der Waals surface area contributed by atoms with Gasteiger partial charge in [-0.15, -0.1) is 11.3 Å². The van der Waals surface area contributed by atoms with Crippen molar-refractivity contribution in [1.29, 1.82) is 0 Å². The van der Waals surface area contributed by atoms with Crippen LogP contribution >= 0.6 is 11.3 Å². The van der Waals surface area contributed by atoms with Crippen LogP contribution in [-0.4, -0.2) is 17.2 Å². The summed E-state index contributed by atoms with van der Waals surface area (Å²) in [4.78, 5) is 5.64. The highest BCUT2D eigenvalue weighted by Gasteiger charge is 2.24. The van der Waals surface area contributed by atoms with Gasteiger partial charge < -0.3 is 9.84 Å². The molecule has 15 heavy (non-hydrogen) atoms. The van der Waals surface area contributed by atoms with Gasteiger partial charge in [-0.05, 0) is 25.7 Å². The van der Waals surface area contributed by atoms with Gasteiger partial charge in [0.1, 0.15) is 11.1 Å². The normalized spacial score (nSPS) is 22.5. The first-order valence-electron chi connectivity index (χ1n) is 5.46. The van der Waals surface area contributed by atoms with Crippen LogP contribution in [0.3, 0.4) is 0 Å². The Bertz CT molecular complexity index is 333. The summed E-state index contributed by atoms with van der Waals surface area (Å²) in [6.07, 6.45) is 3.64. The molecule has 0 saturated heterocycles. The van der Waals surface area contributed by atoms with Gasteiger partial charge in [0.05, 0.1) is 16.7 Å². The molecule has 4 heteroatoms. The van der Waals surface area contributed by atoms with Crippen LogP contribution in [0.4, 0.5) is 0 Å². The minimum atomic E-state index is -0.297. The first-order chi connectivity index (χ1) is 7.26. The van der Waals surface area contributed by atoms with Crippen LogP contribution in [0.2, 0.25) is 0 Å². The molecule has 0 aromatic carbocycles. The molecule has 1 aliphatic rings. The fourth-order valence-electron chi connectivity index (χ4n) is 2.00. The van der Waals surface area contributed by atoms with E-state index >= 15 is 0 Å². The summed E-state index contributed by atoms with van der Waals surface area (Å²) in [6.45, 7) is 2.09. The van der Waals surface area contributed by atoms with E-state index in [0.29, 0.717) is 0 Å². The van der Waals surface area contributed by atoms with E-state index in [1.54, 1.807) is 18.4 Å². The largest absolute Gasteiger partial charge is 0.388 e. The third-order valence-corrected chi connectivity index (χ3v) is 4.16. The van der Waals surface area contributed by atoms with E-state index in [1.807, 2.05) is 0 Å². The third kappa shape index (κ3) is 2.07. The number of thiazole rings is 1. The second-order valence-corrected chi connectivity index (χ2v) is 4.97. The molecule has 1 aromatic rings. The monoisotopic (exact) mass is 227 g/mol. The van der Waals surface area contributed by atoms with Crippen LogP contribution < -0.4 is 0 Å². The molecule has 3 nitrogen and oxygen atoms in total.